The molecule has 2 saturated heterocycles. The van der Waals surface area contributed by atoms with E-state index in [-0.39, 0.29) is 18.8 Å². The van der Waals surface area contributed by atoms with Gasteiger partial charge in [-0.2, -0.15) is 0 Å². The molecule has 3 aromatic rings. The number of aliphatic hydroxyl groups excluding tert-OH is 1. The van der Waals surface area contributed by atoms with Crippen molar-refractivity contribution in [3.63, 3.8) is 0 Å². The Morgan fingerprint density at radius 2 is 1.73 bits per heavy atom. The molecule has 2 N–H and O–H groups in total. The number of hydrogen-bond donors (Lipinski definition) is 2. The molecule has 14 heteroatoms. The van der Waals surface area contributed by atoms with Crippen LogP contribution in [-0.4, -0.2) is 82.9 Å². The normalized spacial score (nSPS) is 24.0. The van der Waals surface area contributed by atoms with E-state index in [1.165, 1.54) is 12.8 Å². The standard InChI is InChI=1S/C27H32F2N8O3S/c1-17-12-21(31-25(30-17)36-14-19-20(15-36)27(19,28)29)22-16-37(34-32-22)23-3-2-18(33-41(39,40)11-10-38)13-24(23)35-8-6-26(4-5-26)7-9-35/h2-3,12-13,16,19-20,33,38H,4-11,14-15H2,1H3. The minimum atomic E-state index is -3.69. The first kappa shape index (κ1) is 26.5. The van der Waals surface area contributed by atoms with Crippen LogP contribution < -0.4 is 14.5 Å². The average Bonchev–Trinajstić information content (AvgIpc) is 3.54. The van der Waals surface area contributed by atoms with E-state index in [0.717, 1.165) is 37.3 Å². The van der Waals surface area contributed by atoms with Crippen LogP contribution in [0.2, 0.25) is 0 Å². The van der Waals surface area contributed by atoms with Gasteiger partial charge in [0, 0.05) is 31.9 Å². The number of benzene rings is 1. The number of sulfonamides is 1. The monoisotopic (exact) mass is 586 g/mol. The van der Waals surface area contributed by atoms with Crippen LogP contribution in [0.3, 0.4) is 0 Å². The molecule has 0 amide bonds. The fourth-order valence-electron chi connectivity index (χ4n) is 6.28. The number of piperidine rings is 2. The van der Waals surface area contributed by atoms with E-state index in [4.69, 9.17) is 5.11 Å². The Morgan fingerprint density at radius 1 is 1.00 bits per heavy atom. The van der Waals surface area contributed by atoms with Crippen LogP contribution in [0.4, 0.5) is 26.1 Å². The summed E-state index contributed by atoms with van der Waals surface area (Å²) in [5, 5.41) is 17.9. The number of fused-ring (bicyclic) bond motifs is 1. The molecule has 2 aliphatic carbocycles. The fourth-order valence-corrected chi connectivity index (χ4v) is 7.11. The molecule has 0 radical (unpaired) electrons. The van der Waals surface area contributed by atoms with Crippen molar-refractivity contribution in [3.8, 4) is 17.1 Å². The van der Waals surface area contributed by atoms with Gasteiger partial charge in [-0.3, -0.25) is 4.72 Å². The Hall–Kier alpha value is -3.39. The Kier molecular flexibility index (Phi) is 6.02. The molecular formula is C27H32F2N8O3S. The van der Waals surface area contributed by atoms with Gasteiger partial charge in [0.1, 0.15) is 5.69 Å². The molecule has 0 bridgehead atoms. The first-order valence-corrected chi connectivity index (χ1v) is 15.6. The first-order chi connectivity index (χ1) is 19.6. The first-order valence-electron chi connectivity index (χ1n) is 14.0. The maximum Gasteiger partial charge on any atom is 0.258 e. The lowest BCUT2D eigenvalue weighted by molar-refractivity contribution is 0.0796. The molecule has 2 saturated carbocycles. The SMILES string of the molecule is Cc1cc(-c2cn(-c3ccc(NS(=O)(=O)CCO)cc3N3CCC4(CC3)CC4)nn2)nc(N2CC3C(C2)C3(F)F)n1. The van der Waals surface area contributed by atoms with E-state index in [9.17, 15) is 17.2 Å². The van der Waals surface area contributed by atoms with Crippen LogP contribution in [0.5, 0.6) is 0 Å². The molecule has 218 valence electrons. The lowest BCUT2D eigenvalue weighted by Gasteiger charge is -2.35. The quantitative estimate of drug-likeness (QED) is 0.409. The molecule has 11 nitrogen and oxygen atoms in total. The predicted molar refractivity (Wildman–Crippen MR) is 149 cm³/mol. The smallest absolute Gasteiger partial charge is 0.258 e. The van der Waals surface area contributed by atoms with Gasteiger partial charge in [-0.15, -0.1) is 5.10 Å². The topological polar surface area (TPSA) is 129 Å². The molecule has 2 aromatic heterocycles. The number of hydrogen-bond acceptors (Lipinski definition) is 9. The zero-order valence-electron chi connectivity index (χ0n) is 22.7. The second-order valence-corrected chi connectivity index (χ2v) is 13.7. The van der Waals surface area contributed by atoms with Crippen LogP contribution >= 0.6 is 0 Å². The number of aliphatic hydroxyl groups is 1. The highest BCUT2D eigenvalue weighted by Crippen LogP contribution is 2.59. The van der Waals surface area contributed by atoms with Gasteiger partial charge in [0.05, 0.1) is 53.1 Å². The summed E-state index contributed by atoms with van der Waals surface area (Å²) in [6, 6.07) is 7.07. The molecule has 7 rings (SSSR count). The largest absolute Gasteiger partial charge is 0.395 e. The predicted octanol–water partition coefficient (Wildman–Crippen LogP) is 2.85. The molecule has 2 atom stereocenters. The Labute approximate surface area is 236 Å². The minimum absolute atomic E-state index is 0.238. The van der Waals surface area contributed by atoms with E-state index in [1.54, 1.807) is 35.1 Å². The maximum atomic E-state index is 13.7. The molecule has 1 spiro atoms. The highest BCUT2D eigenvalue weighted by Gasteiger charge is 2.72. The summed E-state index contributed by atoms with van der Waals surface area (Å²) in [5.41, 5.74) is 4.22. The third kappa shape index (κ3) is 4.90. The molecule has 4 fully saturated rings. The second-order valence-electron chi connectivity index (χ2n) is 11.9. The Bertz CT molecular complexity index is 1590. The summed E-state index contributed by atoms with van der Waals surface area (Å²) in [6.07, 6.45) is 6.47. The third-order valence-corrected chi connectivity index (χ3v) is 10.3. The van der Waals surface area contributed by atoms with E-state index >= 15 is 0 Å². The van der Waals surface area contributed by atoms with E-state index in [2.05, 4.69) is 29.9 Å². The number of nitrogens with zero attached hydrogens (tertiary/aromatic N) is 7. The number of halogens is 2. The zero-order valence-corrected chi connectivity index (χ0v) is 23.5. The highest BCUT2D eigenvalue weighted by atomic mass is 32.2. The van der Waals surface area contributed by atoms with Gasteiger partial charge in [-0.1, -0.05) is 5.21 Å². The van der Waals surface area contributed by atoms with Crippen molar-refractivity contribution in [3.05, 3.63) is 36.2 Å². The Balaban J connectivity index is 1.18. The molecule has 4 heterocycles. The maximum absolute atomic E-state index is 13.7. The van der Waals surface area contributed by atoms with Crippen LogP contribution in [-0.2, 0) is 10.0 Å². The van der Waals surface area contributed by atoms with E-state index in [0.29, 0.717) is 34.1 Å². The van der Waals surface area contributed by atoms with Gasteiger partial charge in [0.25, 0.3) is 5.92 Å². The molecule has 41 heavy (non-hydrogen) atoms. The number of aromatic nitrogens is 5. The van der Waals surface area contributed by atoms with Gasteiger partial charge >= 0.3 is 0 Å². The molecule has 4 aliphatic rings. The summed E-state index contributed by atoms with van der Waals surface area (Å²) < 4.78 is 56.3. The van der Waals surface area contributed by atoms with Crippen molar-refractivity contribution in [2.45, 2.75) is 38.5 Å². The second kappa shape index (κ2) is 9.31. The summed E-state index contributed by atoms with van der Waals surface area (Å²) in [7, 11) is -3.69. The average molecular weight is 587 g/mol. The minimum Gasteiger partial charge on any atom is -0.395 e. The number of nitrogens with one attached hydrogen (secondary N) is 1. The van der Waals surface area contributed by atoms with Crippen LogP contribution in [0.15, 0.2) is 30.5 Å². The molecule has 2 unspecified atom stereocenters. The summed E-state index contributed by atoms with van der Waals surface area (Å²) in [5.74, 6) is -3.81. The van der Waals surface area contributed by atoms with Crippen LogP contribution in [0.1, 0.15) is 31.4 Å². The number of anilines is 3. The van der Waals surface area contributed by atoms with Crippen molar-refractivity contribution in [1.29, 1.82) is 0 Å². The lowest BCUT2D eigenvalue weighted by atomic mass is 9.93. The van der Waals surface area contributed by atoms with Crippen molar-refractivity contribution < 1.29 is 22.3 Å². The summed E-state index contributed by atoms with van der Waals surface area (Å²) in [4.78, 5) is 13.2. The van der Waals surface area contributed by atoms with Gasteiger partial charge in [0.15, 0.2) is 0 Å². The van der Waals surface area contributed by atoms with E-state index in [1.807, 2.05) is 11.8 Å². The van der Waals surface area contributed by atoms with Crippen molar-refractivity contribution in [1.82, 2.24) is 25.0 Å². The van der Waals surface area contributed by atoms with Crippen molar-refractivity contribution in [2.75, 3.05) is 53.1 Å². The van der Waals surface area contributed by atoms with Gasteiger partial charge in [-0.05, 0) is 62.3 Å². The van der Waals surface area contributed by atoms with Gasteiger partial charge in [-0.25, -0.2) is 31.8 Å². The molecular weight excluding hydrogens is 554 g/mol. The van der Waals surface area contributed by atoms with Crippen LogP contribution in [0.25, 0.3) is 17.1 Å². The number of aryl methyl sites for hydroxylation is 1. The zero-order chi connectivity index (χ0) is 28.6. The third-order valence-electron chi connectivity index (χ3n) is 9.06. The van der Waals surface area contributed by atoms with Crippen LogP contribution in [0, 0.1) is 24.2 Å². The van der Waals surface area contributed by atoms with E-state index < -0.39 is 34.4 Å². The van der Waals surface area contributed by atoms with Crippen molar-refractivity contribution >= 4 is 27.3 Å². The fraction of sp³-hybridized carbons (Fsp3) is 0.556. The van der Waals surface area contributed by atoms with Gasteiger partial charge < -0.3 is 14.9 Å². The number of rotatable bonds is 8. The van der Waals surface area contributed by atoms with Crippen molar-refractivity contribution in [2.24, 2.45) is 17.3 Å². The molecule has 2 aliphatic heterocycles. The summed E-state index contributed by atoms with van der Waals surface area (Å²) >= 11 is 0. The Morgan fingerprint density at radius 3 is 2.41 bits per heavy atom. The van der Waals surface area contributed by atoms with Gasteiger partial charge in [0.2, 0.25) is 16.0 Å². The summed E-state index contributed by atoms with van der Waals surface area (Å²) in [6.45, 7) is 3.55. The molecule has 1 aromatic carbocycles. The number of alkyl halides is 2. The highest BCUT2D eigenvalue weighted by molar-refractivity contribution is 7.92. The lowest BCUT2D eigenvalue weighted by Crippen LogP contribution is -2.35.